The molecule has 3 nitrogen and oxygen atoms in total. The standard InChI is InChI=1S/C21H24F2N2O/c1-4-25-13-16(9-10-24(2)3)21-19(25)11-18(23)12-20(21)26-14-15-5-7-17(22)8-6-15/h5-8,11-13H,4,9-10,14H2,1-3H3. The molecule has 0 amide bonds. The number of benzene rings is 2. The maximum atomic E-state index is 14.2. The maximum Gasteiger partial charge on any atom is 0.132 e. The molecule has 0 saturated carbocycles. The molecule has 0 aliphatic rings. The number of fused-ring (bicyclic) bond motifs is 1. The van der Waals surface area contributed by atoms with E-state index in [1.54, 1.807) is 18.2 Å². The molecule has 0 atom stereocenters. The molecule has 0 spiro atoms. The summed E-state index contributed by atoms with van der Waals surface area (Å²) in [6.07, 6.45) is 2.94. The third-order valence-electron chi connectivity index (χ3n) is 4.46. The summed E-state index contributed by atoms with van der Waals surface area (Å²) in [6, 6.07) is 9.14. The number of likely N-dealkylation sites (N-methyl/N-ethyl adjacent to an activating group) is 1. The number of rotatable bonds is 7. The van der Waals surface area contributed by atoms with E-state index in [9.17, 15) is 8.78 Å². The first kappa shape index (κ1) is 18.4. The van der Waals surface area contributed by atoms with Gasteiger partial charge >= 0.3 is 0 Å². The molecule has 138 valence electrons. The Labute approximate surface area is 152 Å². The summed E-state index contributed by atoms with van der Waals surface area (Å²) in [4.78, 5) is 2.12. The summed E-state index contributed by atoms with van der Waals surface area (Å²) in [5, 5.41) is 0.956. The molecule has 0 unspecified atom stereocenters. The van der Waals surface area contributed by atoms with Gasteiger partial charge in [-0.2, -0.15) is 0 Å². The smallest absolute Gasteiger partial charge is 0.132 e. The van der Waals surface area contributed by atoms with Gasteiger partial charge in [0.1, 0.15) is 24.0 Å². The van der Waals surface area contributed by atoms with Crippen molar-refractivity contribution in [2.45, 2.75) is 26.5 Å². The normalized spacial score (nSPS) is 11.5. The number of halogens is 2. The van der Waals surface area contributed by atoms with E-state index in [1.165, 1.54) is 18.2 Å². The van der Waals surface area contributed by atoms with Gasteiger partial charge < -0.3 is 14.2 Å². The SMILES string of the molecule is CCn1cc(CCN(C)C)c2c(OCc3ccc(F)cc3)cc(F)cc21. The van der Waals surface area contributed by atoms with E-state index in [2.05, 4.69) is 11.1 Å². The fraction of sp³-hybridized carbons (Fsp3) is 0.333. The first-order valence-electron chi connectivity index (χ1n) is 8.81. The van der Waals surface area contributed by atoms with Crippen LogP contribution >= 0.6 is 0 Å². The van der Waals surface area contributed by atoms with Crippen molar-refractivity contribution < 1.29 is 13.5 Å². The van der Waals surface area contributed by atoms with Crippen LogP contribution < -0.4 is 4.74 Å². The first-order valence-corrected chi connectivity index (χ1v) is 8.81. The van der Waals surface area contributed by atoms with Crippen molar-refractivity contribution in [2.24, 2.45) is 0 Å². The Kier molecular flexibility index (Phi) is 5.57. The molecule has 0 aliphatic carbocycles. The van der Waals surface area contributed by atoms with Crippen LogP contribution in [0.2, 0.25) is 0 Å². The zero-order valence-corrected chi connectivity index (χ0v) is 15.4. The molecule has 1 heterocycles. The molecule has 2 aromatic carbocycles. The van der Waals surface area contributed by atoms with E-state index in [0.717, 1.165) is 41.5 Å². The predicted molar refractivity (Wildman–Crippen MR) is 101 cm³/mol. The van der Waals surface area contributed by atoms with Gasteiger partial charge in [0.2, 0.25) is 0 Å². The second-order valence-electron chi connectivity index (χ2n) is 6.71. The van der Waals surface area contributed by atoms with Crippen LogP contribution in [0.15, 0.2) is 42.6 Å². The molecule has 0 saturated heterocycles. The molecule has 0 fully saturated rings. The van der Waals surface area contributed by atoms with E-state index < -0.39 is 0 Å². The van der Waals surface area contributed by atoms with Crippen molar-refractivity contribution in [3.63, 3.8) is 0 Å². The van der Waals surface area contributed by atoms with Gasteiger partial charge in [-0.1, -0.05) is 12.1 Å². The molecule has 0 aliphatic heterocycles. The van der Waals surface area contributed by atoms with Crippen LogP contribution in [0.4, 0.5) is 8.78 Å². The van der Waals surface area contributed by atoms with Crippen LogP contribution in [-0.4, -0.2) is 30.1 Å². The van der Waals surface area contributed by atoms with E-state index in [0.29, 0.717) is 5.75 Å². The third kappa shape index (κ3) is 4.05. The molecule has 26 heavy (non-hydrogen) atoms. The lowest BCUT2D eigenvalue weighted by molar-refractivity contribution is 0.308. The quantitative estimate of drug-likeness (QED) is 0.613. The van der Waals surface area contributed by atoms with Crippen molar-refractivity contribution in [1.82, 2.24) is 9.47 Å². The van der Waals surface area contributed by atoms with Gasteiger partial charge in [-0.05, 0) is 56.8 Å². The number of hydrogen-bond donors (Lipinski definition) is 0. The van der Waals surface area contributed by atoms with Crippen LogP contribution in [0, 0.1) is 11.6 Å². The van der Waals surface area contributed by atoms with E-state index >= 15 is 0 Å². The molecular weight excluding hydrogens is 334 g/mol. The zero-order chi connectivity index (χ0) is 18.7. The van der Waals surface area contributed by atoms with Gasteiger partial charge in [0, 0.05) is 30.7 Å². The minimum atomic E-state index is -0.321. The summed E-state index contributed by atoms with van der Waals surface area (Å²) in [7, 11) is 4.06. The second-order valence-corrected chi connectivity index (χ2v) is 6.71. The predicted octanol–water partition coefficient (Wildman–Crippen LogP) is 4.62. The van der Waals surface area contributed by atoms with Crippen LogP contribution in [0.5, 0.6) is 5.75 Å². The summed E-state index contributed by atoms with van der Waals surface area (Å²) >= 11 is 0. The second kappa shape index (κ2) is 7.87. The monoisotopic (exact) mass is 358 g/mol. The number of aryl methyl sites for hydroxylation is 1. The lowest BCUT2D eigenvalue weighted by Crippen LogP contribution is -2.15. The van der Waals surface area contributed by atoms with Gasteiger partial charge in [0.25, 0.3) is 0 Å². The molecule has 0 radical (unpaired) electrons. The molecule has 3 rings (SSSR count). The number of hydrogen-bond acceptors (Lipinski definition) is 2. The Morgan fingerprint density at radius 1 is 1.04 bits per heavy atom. The minimum absolute atomic E-state index is 0.267. The Hall–Kier alpha value is -2.40. The van der Waals surface area contributed by atoms with E-state index in [4.69, 9.17) is 4.74 Å². The van der Waals surface area contributed by atoms with Crippen LogP contribution in [-0.2, 0) is 19.6 Å². The molecule has 3 aromatic rings. The molecule has 5 heteroatoms. The van der Waals surface area contributed by atoms with Gasteiger partial charge in [-0.25, -0.2) is 8.78 Å². The maximum absolute atomic E-state index is 14.2. The number of nitrogens with zero attached hydrogens (tertiary/aromatic N) is 2. The highest BCUT2D eigenvalue weighted by molar-refractivity contribution is 5.90. The van der Waals surface area contributed by atoms with Crippen LogP contribution in [0.3, 0.4) is 0 Å². The highest BCUT2D eigenvalue weighted by Crippen LogP contribution is 2.33. The summed E-state index contributed by atoms with van der Waals surface area (Å²) in [6.45, 7) is 3.97. The highest BCUT2D eigenvalue weighted by Gasteiger charge is 2.15. The third-order valence-corrected chi connectivity index (χ3v) is 4.46. The van der Waals surface area contributed by atoms with Gasteiger partial charge in [-0.15, -0.1) is 0 Å². The molecule has 0 bridgehead atoms. The van der Waals surface area contributed by atoms with Crippen LogP contribution in [0.1, 0.15) is 18.1 Å². The molecule has 1 aromatic heterocycles. The number of ether oxygens (including phenoxy) is 1. The van der Waals surface area contributed by atoms with Gasteiger partial charge in [0.05, 0.1) is 5.52 Å². The molecule has 0 N–H and O–H groups in total. The number of aromatic nitrogens is 1. The Balaban J connectivity index is 1.96. The summed E-state index contributed by atoms with van der Waals surface area (Å²) in [5.41, 5.74) is 2.83. The summed E-state index contributed by atoms with van der Waals surface area (Å²) in [5.74, 6) is -0.0725. The van der Waals surface area contributed by atoms with Crippen molar-refractivity contribution in [1.29, 1.82) is 0 Å². The Bertz CT molecular complexity index is 885. The largest absolute Gasteiger partial charge is 0.488 e. The highest BCUT2D eigenvalue weighted by atomic mass is 19.1. The summed E-state index contributed by atoms with van der Waals surface area (Å²) < 4.78 is 35.2. The topological polar surface area (TPSA) is 17.4 Å². The fourth-order valence-electron chi connectivity index (χ4n) is 3.09. The minimum Gasteiger partial charge on any atom is -0.488 e. The van der Waals surface area contributed by atoms with Crippen molar-refractivity contribution in [2.75, 3.05) is 20.6 Å². The van der Waals surface area contributed by atoms with Gasteiger partial charge in [0.15, 0.2) is 0 Å². The van der Waals surface area contributed by atoms with E-state index in [-0.39, 0.29) is 18.2 Å². The molecular formula is C21H24F2N2O. The Morgan fingerprint density at radius 2 is 1.77 bits per heavy atom. The zero-order valence-electron chi connectivity index (χ0n) is 15.4. The lowest BCUT2D eigenvalue weighted by atomic mass is 10.1. The van der Waals surface area contributed by atoms with Crippen LogP contribution in [0.25, 0.3) is 10.9 Å². The first-order chi connectivity index (χ1) is 12.5. The average molecular weight is 358 g/mol. The lowest BCUT2D eigenvalue weighted by Gasteiger charge is -2.12. The van der Waals surface area contributed by atoms with Crippen molar-refractivity contribution in [3.05, 3.63) is 65.4 Å². The van der Waals surface area contributed by atoms with E-state index in [1.807, 2.05) is 25.6 Å². The average Bonchev–Trinajstić information content (AvgIpc) is 2.97. The van der Waals surface area contributed by atoms with Gasteiger partial charge in [-0.3, -0.25) is 0 Å². The fourth-order valence-corrected chi connectivity index (χ4v) is 3.09. The van der Waals surface area contributed by atoms with Crippen molar-refractivity contribution in [3.8, 4) is 5.75 Å². The van der Waals surface area contributed by atoms with Crippen molar-refractivity contribution >= 4 is 10.9 Å². The Morgan fingerprint density at radius 3 is 2.42 bits per heavy atom.